The van der Waals surface area contributed by atoms with E-state index in [2.05, 4.69) is 19.2 Å². The Labute approximate surface area is 121 Å². The highest BCUT2D eigenvalue weighted by atomic mass is 32.1. The molecule has 0 radical (unpaired) electrons. The third-order valence-electron chi connectivity index (χ3n) is 2.84. The molecule has 106 valence electrons. The number of nitrogens with two attached hydrogens (primary N) is 1. The summed E-state index contributed by atoms with van der Waals surface area (Å²) < 4.78 is 5.56. The summed E-state index contributed by atoms with van der Waals surface area (Å²) in [4.78, 5) is 0.423. The van der Waals surface area contributed by atoms with Crippen molar-refractivity contribution in [1.82, 2.24) is 0 Å². The Hall–Kier alpha value is -1.13. The topological polar surface area (TPSA) is 47.3 Å². The standard InChI is InChI=1S/C15H24N2OS/c1-11(2)6-8-18-9-7-17-14-5-4-12(3)10-13(14)15(16)19/h4-5,10-11,17H,6-9H2,1-3H3,(H2,16,19). The van der Waals surface area contributed by atoms with Gasteiger partial charge in [-0.1, -0.05) is 37.7 Å². The summed E-state index contributed by atoms with van der Waals surface area (Å²) >= 11 is 5.06. The van der Waals surface area contributed by atoms with E-state index in [-0.39, 0.29) is 0 Å². The van der Waals surface area contributed by atoms with Crippen LogP contribution in [0.15, 0.2) is 18.2 Å². The predicted octanol–water partition coefficient (Wildman–Crippen LogP) is 3.10. The molecule has 1 rings (SSSR count). The molecular formula is C15H24N2OS. The summed E-state index contributed by atoms with van der Waals surface area (Å²) in [6.07, 6.45) is 1.10. The van der Waals surface area contributed by atoms with Crippen molar-refractivity contribution in [3.63, 3.8) is 0 Å². The van der Waals surface area contributed by atoms with Crippen molar-refractivity contribution in [3.05, 3.63) is 29.3 Å². The first-order chi connectivity index (χ1) is 9.00. The number of anilines is 1. The van der Waals surface area contributed by atoms with E-state index in [1.165, 1.54) is 0 Å². The van der Waals surface area contributed by atoms with Gasteiger partial charge in [0.05, 0.1) is 6.61 Å². The maximum atomic E-state index is 5.73. The molecule has 0 spiro atoms. The van der Waals surface area contributed by atoms with Crippen LogP contribution < -0.4 is 11.1 Å². The van der Waals surface area contributed by atoms with Crippen molar-refractivity contribution in [3.8, 4) is 0 Å². The molecule has 0 heterocycles. The SMILES string of the molecule is Cc1ccc(NCCOCCC(C)C)c(C(N)=S)c1. The summed E-state index contributed by atoms with van der Waals surface area (Å²) in [5.41, 5.74) is 8.76. The van der Waals surface area contributed by atoms with Crippen LogP contribution in [0.1, 0.15) is 31.4 Å². The molecule has 0 atom stereocenters. The van der Waals surface area contributed by atoms with Crippen LogP contribution in [0.3, 0.4) is 0 Å². The average Bonchev–Trinajstić information content (AvgIpc) is 2.34. The van der Waals surface area contributed by atoms with Crippen molar-refractivity contribution in [2.75, 3.05) is 25.1 Å². The van der Waals surface area contributed by atoms with Gasteiger partial charge in [0.2, 0.25) is 0 Å². The van der Waals surface area contributed by atoms with Crippen LogP contribution >= 0.6 is 12.2 Å². The summed E-state index contributed by atoms with van der Waals surface area (Å²) in [5.74, 6) is 0.686. The third-order valence-corrected chi connectivity index (χ3v) is 3.06. The molecule has 0 saturated carbocycles. The number of benzene rings is 1. The predicted molar refractivity (Wildman–Crippen MR) is 85.8 cm³/mol. The van der Waals surface area contributed by atoms with Gasteiger partial charge in [-0.3, -0.25) is 0 Å². The van der Waals surface area contributed by atoms with Crippen molar-refractivity contribution < 1.29 is 4.74 Å². The molecule has 0 aliphatic heterocycles. The van der Waals surface area contributed by atoms with Crippen LogP contribution in [0.2, 0.25) is 0 Å². The molecule has 0 bridgehead atoms. The first-order valence-electron chi connectivity index (χ1n) is 6.72. The highest BCUT2D eigenvalue weighted by Gasteiger charge is 2.04. The Morgan fingerprint density at radius 1 is 1.37 bits per heavy atom. The van der Waals surface area contributed by atoms with E-state index in [1.54, 1.807) is 0 Å². The molecule has 1 aromatic rings. The normalized spacial score (nSPS) is 10.7. The zero-order chi connectivity index (χ0) is 14.3. The molecule has 0 aliphatic carbocycles. The van der Waals surface area contributed by atoms with Crippen molar-refractivity contribution in [2.45, 2.75) is 27.2 Å². The average molecular weight is 280 g/mol. The van der Waals surface area contributed by atoms with Crippen molar-refractivity contribution >= 4 is 22.9 Å². The fourth-order valence-corrected chi connectivity index (χ4v) is 1.86. The lowest BCUT2D eigenvalue weighted by Crippen LogP contribution is -2.16. The number of nitrogens with one attached hydrogen (secondary N) is 1. The van der Waals surface area contributed by atoms with Crippen LogP contribution in [-0.4, -0.2) is 24.7 Å². The van der Waals surface area contributed by atoms with Gasteiger partial charge in [-0.05, 0) is 31.4 Å². The highest BCUT2D eigenvalue weighted by molar-refractivity contribution is 7.80. The lowest BCUT2D eigenvalue weighted by atomic mass is 10.1. The first kappa shape index (κ1) is 15.9. The molecule has 0 amide bonds. The lowest BCUT2D eigenvalue weighted by molar-refractivity contribution is 0.132. The lowest BCUT2D eigenvalue weighted by Gasteiger charge is -2.12. The number of rotatable bonds is 8. The smallest absolute Gasteiger partial charge is 0.106 e. The Bertz CT molecular complexity index is 419. The Balaban J connectivity index is 2.39. The van der Waals surface area contributed by atoms with Crippen molar-refractivity contribution in [1.29, 1.82) is 0 Å². The molecular weight excluding hydrogens is 256 g/mol. The van der Waals surface area contributed by atoms with Gasteiger partial charge in [0.1, 0.15) is 4.99 Å². The van der Waals surface area contributed by atoms with Gasteiger partial charge >= 0.3 is 0 Å². The minimum atomic E-state index is 0.423. The van der Waals surface area contributed by atoms with Crippen LogP contribution in [0.4, 0.5) is 5.69 Å². The summed E-state index contributed by atoms with van der Waals surface area (Å²) in [7, 11) is 0. The minimum Gasteiger partial charge on any atom is -0.389 e. The molecule has 1 aromatic carbocycles. The fourth-order valence-electron chi connectivity index (χ4n) is 1.70. The quantitative estimate of drug-likeness (QED) is 0.567. The van der Waals surface area contributed by atoms with E-state index >= 15 is 0 Å². The zero-order valence-corrected chi connectivity index (χ0v) is 12.8. The molecule has 4 heteroatoms. The van der Waals surface area contributed by atoms with Gasteiger partial charge in [-0.15, -0.1) is 0 Å². The van der Waals surface area contributed by atoms with Crippen LogP contribution in [0.5, 0.6) is 0 Å². The van der Waals surface area contributed by atoms with Gasteiger partial charge in [0.15, 0.2) is 0 Å². The fraction of sp³-hybridized carbons (Fsp3) is 0.533. The second kappa shape index (κ2) is 8.12. The maximum absolute atomic E-state index is 5.73. The summed E-state index contributed by atoms with van der Waals surface area (Å²) in [6.45, 7) is 8.69. The monoisotopic (exact) mass is 280 g/mol. The second-order valence-electron chi connectivity index (χ2n) is 5.13. The van der Waals surface area contributed by atoms with Gasteiger partial charge in [-0.25, -0.2) is 0 Å². The van der Waals surface area contributed by atoms with Gasteiger partial charge in [-0.2, -0.15) is 0 Å². The Morgan fingerprint density at radius 3 is 2.74 bits per heavy atom. The molecule has 19 heavy (non-hydrogen) atoms. The number of hydrogen-bond acceptors (Lipinski definition) is 3. The van der Waals surface area contributed by atoms with E-state index in [0.717, 1.165) is 36.4 Å². The van der Waals surface area contributed by atoms with E-state index in [4.69, 9.17) is 22.7 Å². The molecule has 0 fully saturated rings. The van der Waals surface area contributed by atoms with Gasteiger partial charge in [0.25, 0.3) is 0 Å². The molecule has 0 aliphatic rings. The van der Waals surface area contributed by atoms with Gasteiger partial charge < -0.3 is 15.8 Å². The largest absolute Gasteiger partial charge is 0.389 e. The number of thiocarbonyl (C=S) groups is 1. The van der Waals surface area contributed by atoms with Crippen LogP contribution in [0, 0.1) is 12.8 Å². The third kappa shape index (κ3) is 6.03. The zero-order valence-electron chi connectivity index (χ0n) is 12.0. The van der Waals surface area contributed by atoms with E-state index in [0.29, 0.717) is 17.5 Å². The Morgan fingerprint density at radius 2 is 2.11 bits per heavy atom. The second-order valence-corrected chi connectivity index (χ2v) is 5.57. The summed E-state index contributed by atoms with van der Waals surface area (Å²) in [5, 5.41) is 3.32. The molecule has 0 unspecified atom stereocenters. The van der Waals surface area contributed by atoms with Gasteiger partial charge in [0, 0.05) is 24.4 Å². The Kier molecular flexibility index (Phi) is 6.81. The first-order valence-corrected chi connectivity index (χ1v) is 7.13. The van der Waals surface area contributed by atoms with E-state index in [9.17, 15) is 0 Å². The number of aryl methyl sites for hydroxylation is 1. The van der Waals surface area contributed by atoms with Crippen LogP contribution in [-0.2, 0) is 4.74 Å². The van der Waals surface area contributed by atoms with E-state index < -0.39 is 0 Å². The van der Waals surface area contributed by atoms with Crippen LogP contribution in [0.25, 0.3) is 0 Å². The minimum absolute atomic E-state index is 0.423. The highest BCUT2D eigenvalue weighted by Crippen LogP contribution is 2.17. The maximum Gasteiger partial charge on any atom is 0.106 e. The molecule has 0 aromatic heterocycles. The number of hydrogen-bond donors (Lipinski definition) is 2. The summed E-state index contributed by atoms with van der Waals surface area (Å²) in [6, 6.07) is 6.06. The molecule has 3 nitrogen and oxygen atoms in total. The number of ether oxygens (including phenoxy) is 1. The van der Waals surface area contributed by atoms with Crippen molar-refractivity contribution in [2.24, 2.45) is 11.7 Å². The van der Waals surface area contributed by atoms with E-state index in [1.807, 2.05) is 25.1 Å². The molecule has 0 saturated heterocycles. The molecule has 3 N–H and O–H groups in total.